The third-order valence-corrected chi connectivity index (χ3v) is 5.00. The largest absolute Gasteiger partial charge is 0.287 e. The molecule has 0 saturated carbocycles. The molecule has 0 spiro atoms. The lowest BCUT2D eigenvalue weighted by Gasteiger charge is -2.14. The summed E-state index contributed by atoms with van der Waals surface area (Å²) in [6, 6.07) is 12.9. The standard InChI is InChI=1S/C17H16N2O3S/c1-12-14-9-6-10-18-16(14)19(11-13-7-4-3-5-8-13)17(20)15(12)23(2,21)22/h3-10H,11H2,1-2H3. The smallest absolute Gasteiger partial charge is 0.271 e. The summed E-state index contributed by atoms with van der Waals surface area (Å²) in [5.41, 5.74) is 1.32. The second-order valence-corrected chi connectivity index (χ2v) is 7.43. The Balaban J connectivity index is 2.39. The molecule has 0 aliphatic rings. The average Bonchev–Trinajstić information content (AvgIpc) is 2.51. The first kappa shape index (κ1) is 15.4. The normalized spacial score (nSPS) is 11.7. The van der Waals surface area contributed by atoms with Crippen LogP contribution in [-0.4, -0.2) is 24.2 Å². The molecule has 0 bridgehead atoms. The quantitative estimate of drug-likeness (QED) is 0.739. The molecule has 23 heavy (non-hydrogen) atoms. The van der Waals surface area contributed by atoms with Crippen LogP contribution in [-0.2, 0) is 16.4 Å². The van der Waals surface area contributed by atoms with Crippen molar-refractivity contribution < 1.29 is 8.42 Å². The van der Waals surface area contributed by atoms with Gasteiger partial charge in [-0.1, -0.05) is 30.3 Å². The van der Waals surface area contributed by atoms with E-state index in [1.807, 2.05) is 30.3 Å². The molecular formula is C17H16N2O3S. The van der Waals surface area contributed by atoms with Gasteiger partial charge < -0.3 is 0 Å². The Morgan fingerprint density at radius 3 is 2.43 bits per heavy atom. The summed E-state index contributed by atoms with van der Waals surface area (Å²) in [7, 11) is -3.63. The molecule has 0 aliphatic heterocycles. The Bertz CT molecular complexity index is 1040. The number of hydrogen-bond acceptors (Lipinski definition) is 4. The van der Waals surface area contributed by atoms with Gasteiger partial charge in [0.15, 0.2) is 9.84 Å². The van der Waals surface area contributed by atoms with Crippen molar-refractivity contribution in [1.29, 1.82) is 0 Å². The van der Waals surface area contributed by atoms with E-state index in [4.69, 9.17) is 0 Å². The Morgan fingerprint density at radius 1 is 1.09 bits per heavy atom. The minimum atomic E-state index is -3.63. The van der Waals surface area contributed by atoms with Crippen molar-refractivity contribution >= 4 is 20.9 Å². The number of sulfone groups is 1. The average molecular weight is 328 g/mol. The summed E-state index contributed by atoms with van der Waals surface area (Å²) in [6.07, 6.45) is 2.66. The van der Waals surface area contributed by atoms with Crippen molar-refractivity contribution in [1.82, 2.24) is 9.55 Å². The lowest BCUT2D eigenvalue weighted by atomic mass is 10.1. The van der Waals surface area contributed by atoms with Crippen LogP contribution >= 0.6 is 0 Å². The van der Waals surface area contributed by atoms with Crippen molar-refractivity contribution in [3.05, 3.63) is 70.1 Å². The maximum absolute atomic E-state index is 12.8. The van der Waals surface area contributed by atoms with Crippen LogP contribution in [0.1, 0.15) is 11.1 Å². The Hall–Kier alpha value is -2.47. The van der Waals surface area contributed by atoms with Crippen molar-refractivity contribution in [3.63, 3.8) is 0 Å². The van der Waals surface area contributed by atoms with Crippen molar-refractivity contribution in [3.8, 4) is 0 Å². The molecule has 2 aromatic heterocycles. The van der Waals surface area contributed by atoms with Crippen molar-refractivity contribution in [2.45, 2.75) is 18.4 Å². The zero-order chi connectivity index (χ0) is 16.6. The van der Waals surface area contributed by atoms with Crippen LogP contribution in [0.4, 0.5) is 0 Å². The van der Waals surface area contributed by atoms with Gasteiger partial charge in [-0.25, -0.2) is 13.4 Å². The number of hydrogen-bond donors (Lipinski definition) is 0. The summed E-state index contributed by atoms with van der Waals surface area (Å²) >= 11 is 0. The Morgan fingerprint density at radius 2 is 1.78 bits per heavy atom. The molecule has 0 N–H and O–H groups in total. The second-order valence-electron chi connectivity index (χ2n) is 5.48. The highest BCUT2D eigenvalue weighted by Crippen LogP contribution is 2.21. The fourth-order valence-corrected chi connectivity index (χ4v) is 3.85. The maximum Gasteiger partial charge on any atom is 0.271 e. The summed E-state index contributed by atoms with van der Waals surface area (Å²) in [4.78, 5) is 16.9. The van der Waals surface area contributed by atoms with Crippen molar-refractivity contribution in [2.75, 3.05) is 6.26 Å². The van der Waals surface area contributed by atoms with Crippen LogP contribution < -0.4 is 5.56 Å². The summed E-state index contributed by atoms with van der Waals surface area (Å²) in [5.74, 6) is 0. The molecule has 1 aromatic carbocycles. The molecule has 0 radical (unpaired) electrons. The minimum Gasteiger partial charge on any atom is -0.287 e. The van der Waals surface area contributed by atoms with E-state index >= 15 is 0 Å². The highest BCUT2D eigenvalue weighted by Gasteiger charge is 2.22. The van der Waals surface area contributed by atoms with Crippen LogP contribution in [0.15, 0.2) is 58.4 Å². The zero-order valence-electron chi connectivity index (χ0n) is 12.9. The third-order valence-electron chi connectivity index (χ3n) is 3.78. The van der Waals surface area contributed by atoms with E-state index in [0.717, 1.165) is 11.8 Å². The molecule has 0 fully saturated rings. The van der Waals surface area contributed by atoms with Crippen molar-refractivity contribution in [2.24, 2.45) is 0 Å². The van der Waals surface area contributed by atoms with E-state index in [1.54, 1.807) is 25.3 Å². The first-order valence-electron chi connectivity index (χ1n) is 7.11. The minimum absolute atomic E-state index is 0.158. The first-order valence-corrected chi connectivity index (χ1v) is 9.01. The fourth-order valence-electron chi connectivity index (χ4n) is 2.76. The highest BCUT2D eigenvalue weighted by atomic mass is 32.2. The zero-order valence-corrected chi connectivity index (χ0v) is 13.7. The molecule has 3 rings (SSSR count). The topological polar surface area (TPSA) is 69.0 Å². The van der Waals surface area contributed by atoms with Gasteiger partial charge in [0, 0.05) is 17.8 Å². The van der Waals surface area contributed by atoms with Crippen LogP contribution in [0, 0.1) is 6.92 Å². The van der Waals surface area contributed by atoms with E-state index < -0.39 is 15.4 Å². The number of fused-ring (bicyclic) bond motifs is 1. The molecule has 0 atom stereocenters. The summed E-state index contributed by atoms with van der Waals surface area (Å²) in [5, 5.41) is 0.670. The molecule has 118 valence electrons. The van der Waals surface area contributed by atoms with Gasteiger partial charge in [-0.15, -0.1) is 0 Å². The molecular weight excluding hydrogens is 312 g/mol. The lowest BCUT2D eigenvalue weighted by molar-refractivity contribution is 0.598. The number of aryl methyl sites for hydroxylation is 1. The van der Waals surface area contributed by atoms with Gasteiger partial charge in [0.2, 0.25) is 0 Å². The maximum atomic E-state index is 12.8. The second kappa shape index (κ2) is 5.62. The third kappa shape index (κ3) is 2.77. The Kier molecular flexibility index (Phi) is 3.77. The van der Waals surface area contributed by atoms with Gasteiger partial charge in [-0.05, 0) is 30.2 Å². The lowest BCUT2D eigenvalue weighted by Crippen LogP contribution is -2.28. The number of benzene rings is 1. The van der Waals surface area contributed by atoms with Gasteiger partial charge >= 0.3 is 0 Å². The number of pyridine rings is 2. The molecule has 0 aliphatic carbocycles. The van der Waals surface area contributed by atoms with Gasteiger partial charge in [0.05, 0.1) is 6.54 Å². The number of aromatic nitrogens is 2. The van der Waals surface area contributed by atoms with Gasteiger partial charge in [0.25, 0.3) is 5.56 Å². The van der Waals surface area contributed by atoms with E-state index in [2.05, 4.69) is 4.98 Å². The predicted molar refractivity (Wildman–Crippen MR) is 89.4 cm³/mol. The Labute approximate surface area is 134 Å². The monoisotopic (exact) mass is 328 g/mol. The number of rotatable bonds is 3. The fraction of sp³-hybridized carbons (Fsp3) is 0.176. The molecule has 0 saturated heterocycles. The number of nitrogens with zero attached hydrogens (tertiary/aromatic N) is 2. The van der Waals surface area contributed by atoms with E-state index in [0.29, 0.717) is 16.6 Å². The molecule has 5 nitrogen and oxygen atoms in total. The van der Waals surface area contributed by atoms with Gasteiger partial charge in [0.1, 0.15) is 10.5 Å². The first-order chi connectivity index (χ1) is 10.9. The summed E-state index contributed by atoms with van der Waals surface area (Å²) in [6.45, 7) is 1.92. The van der Waals surface area contributed by atoms with E-state index in [-0.39, 0.29) is 11.4 Å². The van der Waals surface area contributed by atoms with Crippen LogP contribution in [0.2, 0.25) is 0 Å². The SMILES string of the molecule is Cc1c(S(C)(=O)=O)c(=O)n(Cc2ccccc2)c2ncccc12. The van der Waals surface area contributed by atoms with E-state index in [1.165, 1.54) is 4.57 Å². The molecule has 2 heterocycles. The van der Waals surface area contributed by atoms with Crippen LogP contribution in [0.3, 0.4) is 0 Å². The molecule has 0 unspecified atom stereocenters. The molecule has 6 heteroatoms. The molecule has 3 aromatic rings. The van der Waals surface area contributed by atoms with Gasteiger partial charge in [-0.2, -0.15) is 0 Å². The molecule has 0 amide bonds. The predicted octanol–water partition coefficient (Wildman–Crippen LogP) is 2.16. The highest BCUT2D eigenvalue weighted by molar-refractivity contribution is 7.90. The van der Waals surface area contributed by atoms with Gasteiger partial charge in [-0.3, -0.25) is 9.36 Å². The van der Waals surface area contributed by atoms with E-state index in [9.17, 15) is 13.2 Å². The summed E-state index contributed by atoms with van der Waals surface area (Å²) < 4.78 is 25.6. The van der Waals surface area contributed by atoms with Crippen LogP contribution in [0.25, 0.3) is 11.0 Å². The van der Waals surface area contributed by atoms with Crippen LogP contribution in [0.5, 0.6) is 0 Å².